The molecule has 1 aromatic carbocycles. The summed E-state index contributed by atoms with van der Waals surface area (Å²) in [7, 11) is 1.83. The van der Waals surface area contributed by atoms with Crippen LogP contribution in [0.25, 0.3) is 0 Å². The number of aliphatic imine (C=N–C) groups is 1. The van der Waals surface area contributed by atoms with Gasteiger partial charge in [0.1, 0.15) is 0 Å². The molecule has 0 saturated carbocycles. The van der Waals surface area contributed by atoms with E-state index in [2.05, 4.69) is 38.5 Å². The average Bonchev–Trinajstić information content (AvgIpc) is 2.87. The van der Waals surface area contributed by atoms with E-state index < -0.39 is 0 Å². The molecule has 1 aliphatic heterocycles. The molecule has 2 rings (SSSR count). The second-order valence-electron chi connectivity index (χ2n) is 5.25. The molecule has 0 aromatic heterocycles. The second kappa shape index (κ2) is 7.45. The van der Waals surface area contributed by atoms with E-state index in [1.165, 1.54) is 0 Å². The van der Waals surface area contributed by atoms with E-state index in [4.69, 9.17) is 0 Å². The number of halogens is 1. The molecule has 1 unspecified atom stereocenters. The van der Waals surface area contributed by atoms with E-state index in [1.807, 2.05) is 31.3 Å². The third kappa shape index (κ3) is 4.74. The smallest absolute Gasteiger partial charge is 0.224 e. The molecule has 5 nitrogen and oxygen atoms in total. The highest BCUT2D eigenvalue weighted by Crippen LogP contribution is 2.17. The number of carbonyl (C=O) groups excluding carboxylic acids is 1. The maximum atomic E-state index is 12.1. The van der Waals surface area contributed by atoms with Crippen molar-refractivity contribution in [2.45, 2.75) is 25.9 Å². The summed E-state index contributed by atoms with van der Waals surface area (Å²) in [5, 5.41) is 6.37. The minimum atomic E-state index is 0.116. The minimum Gasteiger partial charge on any atom is -0.356 e. The summed E-state index contributed by atoms with van der Waals surface area (Å²) in [6, 6.07) is 8.33. The molecule has 2 N–H and O–H groups in total. The van der Waals surface area contributed by atoms with Gasteiger partial charge >= 0.3 is 0 Å². The van der Waals surface area contributed by atoms with E-state index in [9.17, 15) is 4.79 Å². The van der Waals surface area contributed by atoms with Crippen LogP contribution in [0.3, 0.4) is 0 Å². The molecule has 114 valence electrons. The van der Waals surface area contributed by atoms with Crippen LogP contribution in [0.2, 0.25) is 0 Å². The van der Waals surface area contributed by atoms with E-state index in [0.29, 0.717) is 25.6 Å². The third-order valence-corrected chi connectivity index (χ3v) is 4.10. The Balaban J connectivity index is 1.74. The number of guanidine groups is 1. The Hall–Kier alpha value is -1.56. The van der Waals surface area contributed by atoms with Crippen LogP contribution in [-0.4, -0.2) is 42.9 Å². The lowest BCUT2D eigenvalue weighted by Gasteiger charge is -2.18. The van der Waals surface area contributed by atoms with Gasteiger partial charge in [-0.3, -0.25) is 9.79 Å². The van der Waals surface area contributed by atoms with Gasteiger partial charge in [0.05, 0.1) is 6.54 Å². The second-order valence-corrected chi connectivity index (χ2v) is 6.11. The van der Waals surface area contributed by atoms with Crippen molar-refractivity contribution < 1.29 is 4.79 Å². The minimum absolute atomic E-state index is 0.116. The molecule has 1 aliphatic rings. The highest BCUT2D eigenvalue weighted by Gasteiger charge is 2.13. The van der Waals surface area contributed by atoms with Crippen molar-refractivity contribution in [3.05, 3.63) is 34.3 Å². The summed E-state index contributed by atoms with van der Waals surface area (Å²) >= 11 is 3.50. The maximum absolute atomic E-state index is 12.1. The highest BCUT2D eigenvalue weighted by molar-refractivity contribution is 9.10. The molecule has 1 heterocycles. The van der Waals surface area contributed by atoms with Gasteiger partial charge < -0.3 is 15.5 Å². The number of rotatable bonds is 5. The fourth-order valence-corrected chi connectivity index (χ4v) is 2.52. The summed E-state index contributed by atoms with van der Waals surface area (Å²) in [6.45, 7) is 4.07. The maximum Gasteiger partial charge on any atom is 0.224 e. The molecule has 0 saturated heterocycles. The molecule has 0 radical (unpaired) electrons. The SMILES string of the molecule is CC1CN=C(NCCC(=O)N(C)Cc2ccccc2Br)N1. The summed E-state index contributed by atoms with van der Waals surface area (Å²) in [5.74, 6) is 0.911. The Bertz CT molecular complexity index is 532. The molecule has 0 aliphatic carbocycles. The molecule has 0 fully saturated rings. The van der Waals surface area contributed by atoms with Gasteiger partial charge in [0.2, 0.25) is 5.91 Å². The van der Waals surface area contributed by atoms with Crippen LogP contribution >= 0.6 is 15.9 Å². The zero-order chi connectivity index (χ0) is 15.2. The van der Waals surface area contributed by atoms with E-state index in [0.717, 1.165) is 22.5 Å². The summed E-state index contributed by atoms with van der Waals surface area (Å²) in [6.07, 6.45) is 0.454. The normalized spacial score (nSPS) is 17.1. The number of benzene rings is 1. The molecule has 0 bridgehead atoms. The Morgan fingerprint density at radius 1 is 1.52 bits per heavy atom. The van der Waals surface area contributed by atoms with Gasteiger partial charge in [-0.1, -0.05) is 34.1 Å². The summed E-state index contributed by atoms with van der Waals surface area (Å²) < 4.78 is 1.03. The lowest BCUT2D eigenvalue weighted by atomic mass is 10.2. The van der Waals surface area contributed by atoms with Crippen molar-refractivity contribution >= 4 is 27.8 Å². The number of amides is 1. The van der Waals surface area contributed by atoms with Gasteiger partial charge in [-0.05, 0) is 18.6 Å². The Morgan fingerprint density at radius 2 is 2.29 bits per heavy atom. The van der Waals surface area contributed by atoms with Crippen LogP contribution in [0.5, 0.6) is 0 Å². The molecule has 6 heteroatoms. The molecule has 21 heavy (non-hydrogen) atoms. The first kappa shape index (κ1) is 15.8. The van der Waals surface area contributed by atoms with Crippen LogP contribution in [0, 0.1) is 0 Å². The zero-order valence-corrected chi connectivity index (χ0v) is 14.0. The lowest BCUT2D eigenvalue weighted by molar-refractivity contribution is -0.130. The van der Waals surface area contributed by atoms with Crippen LogP contribution in [0.1, 0.15) is 18.9 Å². The Morgan fingerprint density at radius 3 is 2.95 bits per heavy atom. The predicted octanol–water partition coefficient (Wildman–Crippen LogP) is 1.73. The summed E-state index contributed by atoms with van der Waals surface area (Å²) in [5.41, 5.74) is 1.11. The first-order chi connectivity index (χ1) is 10.1. The monoisotopic (exact) mass is 352 g/mol. The van der Waals surface area contributed by atoms with Crippen LogP contribution < -0.4 is 10.6 Å². The fraction of sp³-hybridized carbons (Fsp3) is 0.467. The molecule has 1 atom stereocenters. The lowest BCUT2D eigenvalue weighted by Crippen LogP contribution is -2.39. The van der Waals surface area contributed by atoms with E-state index >= 15 is 0 Å². The van der Waals surface area contributed by atoms with Crippen LogP contribution in [0.15, 0.2) is 33.7 Å². The zero-order valence-electron chi connectivity index (χ0n) is 12.4. The standard InChI is InChI=1S/C15H21BrN4O/c1-11-9-18-15(19-11)17-8-7-14(21)20(2)10-12-5-3-4-6-13(12)16/h3-6,11H,7-10H2,1-2H3,(H2,17,18,19). The first-order valence-corrected chi connectivity index (χ1v) is 7.88. The number of nitrogens with zero attached hydrogens (tertiary/aromatic N) is 2. The Labute approximate surface area is 133 Å². The number of nitrogens with one attached hydrogen (secondary N) is 2. The van der Waals surface area contributed by atoms with Gasteiger partial charge in [0.25, 0.3) is 0 Å². The van der Waals surface area contributed by atoms with Gasteiger partial charge in [0.15, 0.2) is 5.96 Å². The third-order valence-electron chi connectivity index (χ3n) is 3.33. The molecule has 1 amide bonds. The average molecular weight is 353 g/mol. The Kier molecular flexibility index (Phi) is 5.61. The van der Waals surface area contributed by atoms with Crippen LogP contribution in [0.4, 0.5) is 0 Å². The van der Waals surface area contributed by atoms with Crippen molar-refractivity contribution in [1.29, 1.82) is 0 Å². The molecule has 1 aromatic rings. The van der Waals surface area contributed by atoms with Gasteiger partial charge in [-0.15, -0.1) is 0 Å². The van der Waals surface area contributed by atoms with Crippen molar-refractivity contribution in [1.82, 2.24) is 15.5 Å². The van der Waals surface area contributed by atoms with Crippen molar-refractivity contribution in [2.24, 2.45) is 4.99 Å². The number of hydrogen-bond acceptors (Lipinski definition) is 4. The largest absolute Gasteiger partial charge is 0.356 e. The van der Waals surface area contributed by atoms with Crippen molar-refractivity contribution in [2.75, 3.05) is 20.1 Å². The molecule has 0 spiro atoms. The van der Waals surface area contributed by atoms with Crippen molar-refractivity contribution in [3.63, 3.8) is 0 Å². The van der Waals surface area contributed by atoms with Crippen LogP contribution in [-0.2, 0) is 11.3 Å². The topological polar surface area (TPSA) is 56.7 Å². The van der Waals surface area contributed by atoms with Gasteiger partial charge in [0, 0.05) is 37.1 Å². The van der Waals surface area contributed by atoms with E-state index in [-0.39, 0.29) is 5.91 Å². The fourth-order valence-electron chi connectivity index (χ4n) is 2.11. The number of hydrogen-bond donors (Lipinski definition) is 2. The van der Waals surface area contributed by atoms with E-state index in [1.54, 1.807) is 4.90 Å². The number of carbonyl (C=O) groups is 1. The first-order valence-electron chi connectivity index (χ1n) is 7.08. The van der Waals surface area contributed by atoms with Gasteiger partial charge in [-0.25, -0.2) is 0 Å². The summed E-state index contributed by atoms with van der Waals surface area (Å²) in [4.78, 5) is 18.2. The molecular weight excluding hydrogens is 332 g/mol. The predicted molar refractivity (Wildman–Crippen MR) is 88.1 cm³/mol. The van der Waals surface area contributed by atoms with Crippen molar-refractivity contribution in [3.8, 4) is 0 Å². The highest BCUT2D eigenvalue weighted by atomic mass is 79.9. The molecular formula is C15H21BrN4O. The van der Waals surface area contributed by atoms with Gasteiger partial charge in [-0.2, -0.15) is 0 Å². The quantitative estimate of drug-likeness (QED) is 0.848.